The molecule has 0 aliphatic carbocycles. The van der Waals surface area contributed by atoms with Crippen molar-refractivity contribution >= 4 is 23.5 Å². The van der Waals surface area contributed by atoms with Gasteiger partial charge in [0.25, 0.3) is 5.91 Å². The number of piperidine rings is 1. The van der Waals surface area contributed by atoms with Gasteiger partial charge in [-0.1, -0.05) is 0 Å². The second-order valence-corrected chi connectivity index (χ2v) is 4.40. The summed E-state index contributed by atoms with van der Waals surface area (Å²) >= 11 is 5.59. The van der Waals surface area contributed by atoms with Crippen molar-refractivity contribution in [3.05, 3.63) is 23.1 Å². The van der Waals surface area contributed by atoms with Crippen molar-refractivity contribution in [3.63, 3.8) is 0 Å². The highest BCUT2D eigenvalue weighted by Gasteiger charge is 2.29. The number of nitrogens with zero attached hydrogens (tertiary/aromatic N) is 1. The summed E-state index contributed by atoms with van der Waals surface area (Å²) < 4.78 is 5.02. The van der Waals surface area contributed by atoms with Gasteiger partial charge in [0.15, 0.2) is 11.0 Å². The lowest BCUT2D eigenvalue weighted by atomic mass is 9.98. The predicted molar refractivity (Wildman–Crippen MR) is 60.0 cm³/mol. The van der Waals surface area contributed by atoms with Crippen molar-refractivity contribution in [2.75, 3.05) is 13.1 Å². The Kier molecular flexibility index (Phi) is 3.38. The molecule has 2 rings (SSSR count). The van der Waals surface area contributed by atoms with E-state index in [1.54, 1.807) is 0 Å². The molecule has 0 saturated carbocycles. The molecule has 1 N–H and O–H groups in total. The van der Waals surface area contributed by atoms with Crippen molar-refractivity contribution in [1.29, 1.82) is 0 Å². The number of likely N-dealkylation sites (tertiary alicyclic amines) is 1. The summed E-state index contributed by atoms with van der Waals surface area (Å²) in [5.41, 5.74) is 0. The van der Waals surface area contributed by atoms with Gasteiger partial charge in [-0.2, -0.15) is 0 Å². The molecule has 6 heteroatoms. The number of rotatable bonds is 2. The van der Waals surface area contributed by atoms with Crippen LogP contribution in [0.4, 0.5) is 0 Å². The highest BCUT2D eigenvalue weighted by Crippen LogP contribution is 2.20. The Labute approximate surface area is 103 Å². The summed E-state index contributed by atoms with van der Waals surface area (Å²) in [6.07, 6.45) is 1.30. The minimum atomic E-state index is -0.861. The molecule has 1 aliphatic heterocycles. The zero-order valence-corrected chi connectivity index (χ0v) is 9.81. The fraction of sp³-hybridized carbons (Fsp3) is 0.455. The van der Waals surface area contributed by atoms with Crippen molar-refractivity contribution < 1.29 is 19.1 Å². The first-order valence-corrected chi connectivity index (χ1v) is 5.73. The minimum Gasteiger partial charge on any atom is -0.481 e. The van der Waals surface area contributed by atoms with Gasteiger partial charge in [-0.3, -0.25) is 9.59 Å². The van der Waals surface area contributed by atoms with Crippen LogP contribution >= 0.6 is 11.6 Å². The van der Waals surface area contributed by atoms with Crippen LogP contribution in [0.15, 0.2) is 16.5 Å². The van der Waals surface area contributed by atoms with E-state index in [1.165, 1.54) is 17.0 Å². The normalized spacial score (nSPS) is 20.3. The van der Waals surface area contributed by atoms with Crippen LogP contribution in [0.3, 0.4) is 0 Å². The number of carboxylic acid groups (broad SMARTS) is 1. The molecule has 1 fully saturated rings. The second-order valence-electron chi connectivity index (χ2n) is 4.03. The molecule has 1 saturated heterocycles. The first-order valence-electron chi connectivity index (χ1n) is 5.35. The molecule has 5 nitrogen and oxygen atoms in total. The number of amides is 1. The topological polar surface area (TPSA) is 70.8 Å². The molecule has 1 aliphatic rings. The molecule has 17 heavy (non-hydrogen) atoms. The van der Waals surface area contributed by atoms with Gasteiger partial charge in [0.05, 0.1) is 5.92 Å². The van der Waals surface area contributed by atoms with E-state index in [4.69, 9.17) is 21.1 Å². The van der Waals surface area contributed by atoms with E-state index in [9.17, 15) is 9.59 Å². The molecular formula is C11H12ClNO4. The van der Waals surface area contributed by atoms with E-state index >= 15 is 0 Å². The standard InChI is InChI=1S/C11H12ClNO4/c12-9-4-3-8(17-9)10(14)13-5-1-2-7(6-13)11(15)16/h3-4,7H,1-2,5-6H2,(H,15,16)/t7-/m1/s1. The van der Waals surface area contributed by atoms with Gasteiger partial charge in [0.2, 0.25) is 0 Å². The van der Waals surface area contributed by atoms with Crippen LogP contribution in [0.1, 0.15) is 23.4 Å². The smallest absolute Gasteiger partial charge is 0.308 e. The third-order valence-corrected chi connectivity index (χ3v) is 3.04. The summed E-state index contributed by atoms with van der Waals surface area (Å²) in [6, 6.07) is 2.99. The summed E-state index contributed by atoms with van der Waals surface area (Å²) in [5, 5.41) is 9.08. The van der Waals surface area contributed by atoms with Gasteiger partial charge in [0.1, 0.15) is 0 Å². The lowest BCUT2D eigenvalue weighted by Crippen LogP contribution is -2.42. The Morgan fingerprint density at radius 1 is 1.47 bits per heavy atom. The zero-order valence-electron chi connectivity index (χ0n) is 9.06. The van der Waals surface area contributed by atoms with Gasteiger partial charge in [-0.25, -0.2) is 0 Å². The van der Waals surface area contributed by atoms with Crippen LogP contribution < -0.4 is 0 Å². The Balaban J connectivity index is 2.07. The van der Waals surface area contributed by atoms with Gasteiger partial charge in [0, 0.05) is 13.1 Å². The maximum atomic E-state index is 12.0. The summed E-state index contributed by atoms with van der Waals surface area (Å²) in [4.78, 5) is 24.3. The lowest BCUT2D eigenvalue weighted by Gasteiger charge is -2.29. The summed E-state index contributed by atoms with van der Waals surface area (Å²) in [5.74, 6) is -1.50. The molecule has 1 amide bonds. The molecule has 1 aromatic heterocycles. The van der Waals surface area contributed by atoms with E-state index in [1.807, 2.05) is 0 Å². The maximum Gasteiger partial charge on any atom is 0.308 e. The fourth-order valence-electron chi connectivity index (χ4n) is 1.95. The number of hydrogen-bond donors (Lipinski definition) is 1. The molecule has 2 heterocycles. The number of carboxylic acids is 1. The number of carbonyl (C=O) groups is 2. The van der Waals surface area contributed by atoms with Crippen molar-refractivity contribution in [1.82, 2.24) is 4.90 Å². The first-order chi connectivity index (χ1) is 8.08. The Morgan fingerprint density at radius 2 is 2.24 bits per heavy atom. The largest absolute Gasteiger partial charge is 0.481 e. The van der Waals surface area contributed by atoms with Crippen LogP contribution in [0.2, 0.25) is 5.22 Å². The Hall–Kier alpha value is -1.49. The van der Waals surface area contributed by atoms with Gasteiger partial charge in [-0.05, 0) is 36.6 Å². The van der Waals surface area contributed by atoms with E-state index in [0.717, 1.165) is 0 Å². The molecular weight excluding hydrogens is 246 g/mol. The average Bonchev–Trinajstić information content (AvgIpc) is 2.75. The van der Waals surface area contributed by atoms with Gasteiger partial charge < -0.3 is 14.4 Å². The van der Waals surface area contributed by atoms with Gasteiger partial charge in [-0.15, -0.1) is 0 Å². The minimum absolute atomic E-state index is 0.153. The van der Waals surface area contributed by atoms with E-state index in [0.29, 0.717) is 19.4 Å². The quantitative estimate of drug-likeness (QED) is 0.878. The third kappa shape index (κ3) is 2.61. The zero-order chi connectivity index (χ0) is 12.4. The molecule has 1 atom stereocenters. The lowest BCUT2D eigenvalue weighted by molar-refractivity contribution is -0.143. The summed E-state index contributed by atoms with van der Waals surface area (Å²) in [6.45, 7) is 0.785. The van der Waals surface area contributed by atoms with Gasteiger partial charge >= 0.3 is 5.97 Å². The molecule has 0 bridgehead atoms. The number of aliphatic carboxylic acids is 1. The second kappa shape index (κ2) is 4.79. The van der Waals surface area contributed by atoms with Crippen LogP contribution in [-0.2, 0) is 4.79 Å². The molecule has 1 aromatic rings. The SMILES string of the molecule is O=C(O)[C@@H]1CCCN(C(=O)c2ccc(Cl)o2)C1. The first kappa shape index (κ1) is 12.0. The van der Waals surface area contributed by atoms with E-state index < -0.39 is 11.9 Å². The van der Waals surface area contributed by atoms with Crippen LogP contribution in [0, 0.1) is 5.92 Å². The third-order valence-electron chi connectivity index (χ3n) is 2.84. The number of furan rings is 1. The van der Waals surface area contributed by atoms with Crippen molar-refractivity contribution in [2.45, 2.75) is 12.8 Å². The van der Waals surface area contributed by atoms with Crippen LogP contribution in [0.25, 0.3) is 0 Å². The van der Waals surface area contributed by atoms with E-state index in [2.05, 4.69) is 0 Å². The molecule has 0 aromatic carbocycles. The predicted octanol–water partition coefficient (Wildman–Crippen LogP) is 1.87. The average molecular weight is 258 g/mol. The highest BCUT2D eigenvalue weighted by atomic mass is 35.5. The maximum absolute atomic E-state index is 12.0. The Bertz CT molecular complexity index is 442. The van der Waals surface area contributed by atoms with E-state index in [-0.39, 0.29) is 23.4 Å². The molecule has 0 radical (unpaired) electrons. The van der Waals surface area contributed by atoms with Crippen molar-refractivity contribution in [2.24, 2.45) is 5.92 Å². The van der Waals surface area contributed by atoms with Crippen LogP contribution in [0.5, 0.6) is 0 Å². The fourth-order valence-corrected chi connectivity index (χ4v) is 2.09. The molecule has 0 spiro atoms. The molecule has 92 valence electrons. The molecule has 0 unspecified atom stereocenters. The number of hydrogen-bond acceptors (Lipinski definition) is 3. The number of halogens is 1. The van der Waals surface area contributed by atoms with Crippen LogP contribution in [-0.4, -0.2) is 35.0 Å². The summed E-state index contributed by atoms with van der Waals surface area (Å²) in [7, 11) is 0. The van der Waals surface area contributed by atoms with Crippen molar-refractivity contribution in [3.8, 4) is 0 Å². The monoisotopic (exact) mass is 257 g/mol. The Morgan fingerprint density at radius 3 is 2.82 bits per heavy atom. The number of carbonyl (C=O) groups excluding carboxylic acids is 1. The highest BCUT2D eigenvalue weighted by molar-refractivity contribution is 6.29.